The fourth-order valence-corrected chi connectivity index (χ4v) is 4.98. The van der Waals surface area contributed by atoms with Gasteiger partial charge in [0.25, 0.3) is 0 Å². The summed E-state index contributed by atoms with van der Waals surface area (Å²) in [4.78, 5) is 4.27. The number of nitrogens with two attached hydrogens (primary N) is 2. The maximum absolute atomic E-state index is 12.8. The number of nitrogens with zero attached hydrogens (tertiary/aromatic N) is 2. The molecule has 1 aromatic heterocycles. The Morgan fingerprint density at radius 1 is 1.38 bits per heavy atom. The van der Waals surface area contributed by atoms with Crippen LogP contribution >= 0.6 is 15.9 Å². The Balaban J connectivity index is 2.23. The molecule has 4 N–H and O–H groups in total. The maximum Gasteiger partial charge on any atom is 0.243 e. The molecule has 1 unspecified atom stereocenters. The lowest BCUT2D eigenvalue weighted by Gasteiger charge is -2.18. The summed E-state index contributed by atoms with van der Waals surface area (Å²) < 4.78 is 27.7. The van der Waals surface area contributed by atoms with Gasteiger partial charge in [-0.3, -0.25) is 0 Å². The number of pyridine rings is 1. The van der Waals surface area contributed by atoms with Crippen LogP contribution in [0.2, 0.25) is 0 Å². The molecule has 21 heavy (non-hydrogen) atoms. The predicted molar refractivity (Wildman–Crippen MR) is 85.2 cm³/mol. The standard InChI is InChI=1S/C13H15BrN4O2S/c14-10-6-17-13(16)9-2-1-3-11(12(9)10)21(19,20)18-5-4-8(15)7-18/h1-3,6,8H,4-5,7,15H2,(H2,16,17). The molecule has 0 saturated carbocycles. The first-order chi connectivity index (χ1) is 9.91. The quantitative estimate of drug-likeness (QED) is 0.829. The molecule has 0 aliphatic carbocycles. The molecular formula is C13H15BrN4O2S. The van der Waals surface area contributed by atoms with Crippen molar-refractivity contribution in [2.75, 3.05) is 18.8 Å². The van der Waals surface area contributed by atoms with Crippen LogP contribution in [-0.4, -0.2) is 36.8 Å². The first-order valence-corrected chi connectivity index (χ1v) is 8.73. The normalized spacial score (nSPS) is 20.2. The zero-order chi connectivity index (χ0) is 15.2. The van der Waals surface area contributed by atoms with E-state index in [1.807, 2.05) is 0 Å². The van der Waals surface area contributed by atoms with Gasteiger partial charge in [-0.25, -0.2) is 13.4 Å². The van der Waals surface area contributed by atoms with Crippen LogP contribution in [0, 0.1) is 0 Å². The molecule has 1 aliphatic heterocycles. The van der Waals surface area contributed by atoms with E-state index in [0.29, 0.717) is 40.6 Å². The predicted octanol–water partition coefficient (Wildman–Crippen LogP) is 1.30. The number of sulfonamides is 1. The first-order valence-electron chi connectivity index (χ1n) is 6.49. The van der Waals surface area contributed by atoms with Crippen molar-refractivity contribution in [1.29, 1.82) is 0 Å². The van der Waals surface area contributed by atoms with Crippen LogP contribution < -0.4 is 11.5 Å². The van der Waals surface area contributed by atoms with E-state index < -0.39 is 10.0 Å². The van der Waals surface area contributed by atoms with E-state index >= 15 is 0 Å². The molecule has 1 fully saturated rings. The van der Waals surface area contributed by atoms with Crippen molar-refractivity contribution in [2.24, 2.45) is 5.73 Å². The molecule has 1 aromatic carbocycles. The molecule has 8 heteroatoms. The zero-order valence-electron chi connectivity index (χ0n) is 11.2. The number of rotatable bonds is 2. The number of benzene rings is 1. The number of halogens is 1. The van der Waals surface area contributed by atoms with E-state index in [4.69, 9.17) is 11.5 Å². The number of fused-ring (bicyclic) bond motifs is 1. The number of hydrogen-bond donors (Lipinski definition) is 2. The van der Waals surface area contributed by atoms with Crippen LogP contribution in [0.15, 0.2) is 33.8 Å². The Morgan fingerprint density at radius 2 is 2.14 bits per heavy atom. The fraction of sp³-hybridized carbons (Fsp3) is 0.308. The minimum absolute atomic E-state index is 0.107. The summed E-state index contributed by atoms with van der Waals surface area (Å²) >= 11 is 3.37. The highest BCUT2D eigenvalue weighted by Crippen LogP contribution is 2.34. The summed E-state index contributed by atoms with van der Waals surface area (Å²) in [5, 5.41) is 1.18. The first kappa shape index (κ1) is 14.7. The van der Waals surface area contributed by atoms with Gasteiger partial charge in [0.1, 0.15) is 5.82 Å². The Hall–Kier alpha value is -1.22. The average Bonchev–Trinajstić information content (AvgIpc) is 2.90. The van der Waals surface area contributed by atoms with Crippen LogP contribution in [0.3, 0.4) is 0 Å². The summed E-state index contributed by atoms with van der Waals surface area (Å²) in [6.45, 7) is 0.787. The van der Waals surface area contributed by atoms with Crippen molar-refractivity contribution in [3.8, 4) is 0 Å². The van der Waals surface area contributed by atoms with E-state index in [-0.39, 0.29) is 10.9 Å². The maximum atomic E-state index is 12.8. The highest BCUT2D eigenvalue weighted by molar-refractivity contribution is 9.10. The summed E-state index contributed by atoms with van der Waals surface area (Å²) in [5.74, 6) is 0.309. The second-order valence-electron chi connectivity index (χ2n) is 5.08. The third kappa shape index (κ3) is 2.42. The highest BCUT2D eigenvalue weighted by Gasteiger charge is 2.32. The lowest BCUT2D eigenvalue weighted by Crippen LogP contribution is -2.32. The number of hydrogen-bond acceptors (Lipinski definition) is 5. The molecular weight excluding hydrogens is 356 g/mol. The largest absolute Gasteiger partial charge is 0.383 e. The Labute approximate surface area is 131 Å². The van der Waals surface area contributed by atoms with Crippen LogP contribution in [0.5, 0.6) is 0 Å². The van der Waals surface area contributed by atoms with Gasteiger partial charge >= 0.3 is 0 Å². The van der Waals surface area contributed by atoms with Crippen molar-refractivity contribution in [3.63, 3.8) is 0 Å². The lowest BCUT2D eigenvalue weighted by atomic mass is 10.1. The molecule has 6 nitrogen and oxygen atoms in total. The van der Waals surface area contributed by atoms with E-state index in [1.165, 1.54) is 10.5 Å². The molecule has 1 aliphatic rings. The fourth-order valence-electron chi connectivity index (χ4n) is 2.58. The van der Waals surface area contributed by atoms with Crippen molar-refractivity contribution >= 4 is 42.5 Å². The van der Waals surface area contributed by atoms with Crippen LogP contribution in [-0.2, 0) is 10.0 Å². The third-order valence-electron chi connectivity index (χ3n) is 3.66. The van der Waals surface area contributed by atoms with Gasteiger partial charge in [-0.15, -0.1) is 0 Å². The Morgan fingerprint density at radius 3 is 2.81 bits per heavy atom. The van der Waals surface area contributed by atoms with Gasteiger partial charge in [-0.1, -0.05) is 12.1 Å². The summed E-state index contributed by atoms with van der Waals surface area (Å²) in [7, 11) is -3.60. The highest BCUT2D eigenvalue weighted by atomic mass is 79.9. The molecule has 3 rings (SSSR count). The van der Waals surface area contributed by atoms with Gasteiger partial charge in [0.2, 0.25) is 10.0 Å². The molecule has 0 spiro atoms. The third-order valence-corrected chi connectivity index (χ3v) is 6.17. The lowest BCUT2D eigenvalue weighted by molar-refractivity contribution is 0.473. The number of aromatic nitrogens is 1. The molecule has 1 saturated heterocycles. The summed E-state index contributed by atoms with van der Waals surface area (Å²) in [6.07, 6.45) is 2.20. The smallest absolute Gasteiger partial charge is 0.243 e. The average molecular weight is 371 g/mol. The van der Waals surface area contributed by atoms with Crippen LogP contribution in [0.1, 0.15) is 6.42 Å². The van der Waals surface area contributed by atoms with Crippen molar-refractivity contribution in [1.82, 2.24) is 9.29 Å². The zero-order valence-corrected chi connectivity index (χ0v) is 13.6. The van der Waals surface area contributed by atoms with Crippen LogP contribution in [0.25, 0.3) is 10.8 Å². The Kier molecular flexibility index (Phi) is 3.64. The minimum atomic E-state index is -3.60. The van der Waals surface area contributed by atoms with E-state index in [1.54, 1.807) is 18.2 Å². The molecule has 112 valence electrons. The second-order valence-corrected chi connectivity index (χ2v) is 7.84. The van der Waals surface area contributed by atoms with Gasteiger partial charge in [-0.05, 0) is 28.4 Å². The van der Waals surface area contributed by atoms with Crippen molar-refractivity contribution in [3.05, 3.63) is 28.9 Å². The van der Waals surface area contributed by atoms with E-state index in [0.717, 1.165) is 0 Å². The minimum Gasteiger partial charge on any atom is -0.383 e. The van der Waals surface area contributed by atoms with Crippen LogP contribution in [0.4, 0.5) is 5.82 Å². The number of nitrogen functional groups attached to an aromatic ring is 1. The van der Waals surface area contributed by atoms with Crippen molar-refractivity contribution < 1.29 is 8.42 Å². The van der Waals surface area contributed by atoms with Crippen molar-refractivity contribution in [2.45, 2.75) is 17.4 Å². The van der Waals surface area contributed by atoms with Gasteiger partial charge in [0.15, 0.2) is 0 Å². The van der Waals surface area contributed by atoms with Gasteiger partial charge in [0, 0.05) is 40.6 Å². The molecule has 1 atom stereocenters. The topological polar surface area (TPSA) is 102 Å². The van der Waals surface area contributed by atoms with E-state index in [9.17, 15) is 8.42 Å². The van der Waals surface area contributed by atoms with Gasteiger partial charge in [0.05, 0.1) is 4.90 Å². The number of anilines is 1. The molecule has 0 amide bonds. The Bertz CT molecular complexity index is 809. The molecule has 0 radical (unpaired) electrons. The summed E-state index contributed by atoms with van der Waals surface area (Å²) in [5.41, 5.74) is 11.7. The summed E-state index contributed by atoms with van der Waals surface area (Å²) in [6, 6.07) is 4.92. The monoisotopic (exact) mass is 370 g/mol. The molecule has 2 heterocycles. The SMILES string of the molecule is Nc1ncc(Br)c2c(S(=O)(=O)N3CCC(N)C3)cccc12. The van der Waals surface area contributed by atoms with Gasteiger partial charge < -0.3 is 11.5 Å². The van der Waals surface area contributed by atoms with Gasteiger partial charge in [-0.2, -0.15) is 4.31 Å². The van der Waals surface area contributed by atoms with E-state index in [2.05, 4.69) is 20.9 Å². The second kappa shape index (κ2) is 5.20. The molecule has 2 aromatic rings. The molecule has 0 bridgehead atoms.